The van der Waals surface area contributed by atoms with E-state index in [2.05, 4.69) is 12.2 Å². The molecule has 0 fully saturated rings. The fourth-order valence-corrected chi connectivity index (χ4v) is 1.89. The van der Waals surface area contributed by atoms with Crippen LogP contribution in [0.1, 0.15) is 26.7 Å². The van der Waals surface area contributed by atoms with Crippen molar-refractivity contribution in [2.24, 2.45) is 0 Å². The molecule has 2 amide bonds. The zero-order valence-corrected chi connectivity index (χ0v) is 12.2. The third-order valence-electron chi connectivity index (χ3n) is 2.64. The van der Waals surface area contributed by atoms with Gasteiger partial charge in [0.2, 0.25) is 0 Å². The minimum atomic E-state index is -0.143. The normalized spacial score (nSPS) is 10.2. The average molecular weight is 289 g/mol. The Balaban J connectivity index is 2.70. The van der Waals surface area contributed by atoms with Crippen LogP contribution in [0.2, 0.25) is 10.0 Å². The highest BCUT2D eigenvalue weighted by Crippen LogP contribution is 2.29. The molecule has 0 unspecified atom stereocenters. The summed E-state index contributed by atoms with van der Waals surface area (Å²) in [5.41, 5.74) is 0.545. The smallest absolute Gasteiger partial charge is 0.321 e. The second-order valence-electron chi connectivity index (χ2n) is 3.96. The lowest BCUT2D eigenvalue weighted by Gasteiger charge is -2.21. The Morgan fingerprint density at radius 2 is 2.06 bits per heavy atom. The molecule has 0 radical (unpaired) electrons. The van der Waals surface area contributed by atoms with Crippen molar-refractivity contribution >= 4 is 34.9 Å². The number of benzene rings is 1. The van der Waals surface area contributed by atoms with Gasteiger partial charge in [0.05, 0.1) is 15.7 Å². The van der Waals surface area contributed by atoms with Gasteiger partial charge in [0, 0.05) is 13.1 Å². The van der Waals surface area contributed by atoms with E-state index < -0.39 is 0 Å². The number of unbranched alkanes of at least 4 members (excludes halogenated alkanes) is 1. The summed E-state index contributed by atoms with van der Waals surface area (Å²) in [6, 6.07) is 5.04. The quantitative estimate of drug-likeness (QED) is 0.841. The lowest BCUT2D eigenvalue weighted by molar-refractivity contribution is 0.213. The Hall–Kier alpha value is -0.930. The first-order chi connectivity index (χ1) is 8.60. The average Bonchev–Trinajstić information content (AvgIpc) is 2.36. The van der Waals surface area contributed by atoms with E-state index in [-0.39, 0.29) is 6.03 Å². The van der Waals surface area contributed by atoms with Crippen molar-refractivity contribution in [3.8, 4) is 0 Å². The van der Waals surface area contributed by atoms with Crippen LogP contribution in [-0.4, -0.2) is 24.0 Å². The number of urea groups is 1. The number of carbonyl (C=O) groups excluding carboxylic acids is 1. The summed E-state index contributed by atoms with van der Waals surface area (Å²) in [6.45, 7) is 5.47. The second kappa shape index (κ2) is 7.49. The number of hydrogen-bond donors (Lipinski definition) is 1. The summed E-state index contributed by atoms with van der Waals surface area (Å²) in [7, 11) is 0. The maximum absolute atomic E-state index is 12.0. The molecule has 0 heterocycles. The van der Waals surface area contributed by atoms with Crippen LogP contribution in [0.5, 0.6) is 0 Å². The predicted octanol–water partition coefficient (Wildman–Crippen LogP) is 4.65. The monoisotopic (exact) mass is 288 g/mol. The van der Waals surface area contributed by atoms with E-state index in [1.807, 2.05) is 6.92 Å². The molecule has 0 atom stereocenters. The SMILES string of the molecule is CCCCN(CC)C(=O)Nc1cccc(Cl)c1Cl. The molecule has 0 aromatic heterocycles. The lowest BCUT2D eigenvalue weighted by atomic mass is 10.3. The van der Waals surface area contributed by atoms with Crippen molar-refractivity contribution in [1.82, 2.24) is 4.90 Å². The van der Waals surface area contributed by atoms with Crippen LogP contribution in [0.4, 0.5) is 10.5 Å². The number of hydrogen-bond acceptors (Lipinski definition) is 1. The summed E-state index contributed by atoms with van der Waals surface area (Å²) in [5, 5.41) is 3.59. The van der Waals surface area contributed by atoms with Gasteiger partial charge < -0.3 is 10.2 Å². The van der Waals surface area contributed by atoms with E-state index in [1.54, 1.807) is 23.1 Å². The maximum atomic E-state index is 12.0. The number of carbonyl (C=O) groups is 1. The Kier molecular flexibility index (Phi) is 6.30. The van der Waals surface area contributed by atoms with Crippen molar-refractivity contribution in [1.29, 1.82) is 0 Å². The fourth-order valence-electron chi connectivity index (χ4n) is 1.55. The minimum absolute atomic E-state index is 0.143. The van der Waals surface area contributed by atoms with Gasteiger partial charge in [0.25, 0.3) is 0 Å². The first-order valence-electron chi connectivity index (χ1n) is 6.10. The maximum Gasteiger partial charge on any atom is 0.321 e. The molecule has 0 saturated carbocycles. The van der Waals surface area contributed by atoms with E-state index in [4.69, 9.17) is 23.2 Å². The largest absolute Gasteiger partial charge is 0.325 e. The molecular weight excluding hydrogens is 271 g/mol. The van der Waals surface area contributed by atoms with Gasteiger partial charge in [-0.15, -0.1) is 0 Å². The van der Waals surface area contributed by atoms with Gasteiger partial charge in [-0.05, 0) is 25.5 Å². The summed E-state index contributed by atoms with van der Waals surface area (Å²) in [5.74, 6) is 0. The topological polar surface area (TPSA) is 32.3 Å². The molecule has 0 bridgehead atoms. The van der Waals surface area contributed by atoms with Crippen LogP contribution < -0.4 is 5.32 Å². The Bertz CT molecular complexity index is 410. The van der Waals surface area contributed by atoms with Crippen molar-refractivity contribution < 1.29 is 4.79 Å². The molecule has 0 aliphatic rings. The van der Waals surface area contributed by atoms with E-state index in [9.17, 15) is 4.79 Å². The first kappa shape index (κ1) is 15.1. The highest BCUT2D eigenvalue weighted by Gasteiger charge is 2.13. The van der Waals surface area contributed by atoms with Gasteiger partial charge in [-0.3, -0.25) is 0 Å². The molecule has 0 saturated heterocycles. The van der Waals surface area contributed by atoms with Gasteiger partial charge >= 0.3 is 6.03 Å². The van der Waals surface area contributed by atoms with E-state index in [1.165, 1.54) is 0 Å². The number of nitrogens with one attached hydrogen (secondary N) is 1. The number of anilines is 1. The van der Waals surface area contributed by atoms with Gasteiger partial charge in [-0.2, -0.15) is 0 Å². The number of amides is 2. The van der Waals surface area contributed by atoms with Crippen LogP contribution >= 0.6 is 23.2 Å². The zero-order valence-electron chi connectivity index (χ0n) is 10.7. The molecule has 1 rings (SSSR count). The van der Waals surface area contributed by atoms with Crippen LogP contribution in [0.25, 0.3) is 0 Å². The highest BCUT2D eigenvalue weighted by atomic mass is 35.5. The summed E-state index contributed by atoms with van der Waals surface area (Å²) >= 11 is 11.9. The molecule has 5 heteroatoms. The van der Waals surface area contributed by atoms with Crippen LogP contribution in [0, 0.1) is 0 Å². The number of nitrogens with zero attached hydrogens (tertiary/aromatic N) is 1. The number of halogens is 2. The van der Waals surface area contributed by atoms with Crippen molar-refractivity contribution in [3.63, 3.8) is 0 Å². The molecule has 1 aromatic carbocycles. The van der Waals surface area contributed by atoms with Gasteiger partial charge in [0.1, 0.15) is 0 Å². The van der Waals surface area contributed by atoms with Crippen LogP contribution in [0.3, 0.4) is 0 Å². The third-order valence-corrected chi connectivity index (χ3v) is 3.46. The van der Waals surface area contributed by atoms with Gasteiger partial charge in [-0.25, -0.2) is 4.79 Å². The standard InChI is InChI=1S/C13H18Cl2N2O/c1-3-5-9-17(4-2)13(18)16-11-8-6-7-10(14)12(11)15/h6-8H,3-5,9H2,1-2H3,(H,16,18). The van der Waals surface area contributed by atoms with E-state index in [0.29, 0.717) is 22.3 Å². The summed E-state index contributed by atoms with van der Waals surface area (Å²) < 4.78 is 0. The molecule has 1 aromatic rings. The fraction of sp³-hybridized carbons (Fsp3) is 0.462. The highest BCUT2D eigenvalue weighted by molar-refractivity contribution is 6.43. The van der Waals surface area contributed by atoms with Crippen LogP contribution in [-0.2, 0) is 0 Å². The third kappa shape index (κ3) is 4.07. The summed E-state index contributed by atoms with van der Waals surface area (Å²) in [6.07, 6.45) is 2.05. The zero-order chi connectivity index (χ0) is 13.5. The van der Waals surface area contributed by atoms with Gasteiger partial charge in [0.15, 0.2) is 0 Å². The van der Waals surface area contributed by atoms with Crippen molar-refractivity contribution in [3.05, 3.63) is 28.2 Å². The molecule has 3 nitrogen and oxygen atoms in total. The van der Waals surface area contributed by atoms with E-state index >= 15 is 0 Å². The molecule has 0 spiro atoms. The molecule has 100 valence electrons. The molecule has 0 aliphatic heterocycles. The summed E-state index contributed by atoms with van der Waals surface area (Å²) in [4.78, 5) is 13.8. The Morgan fingerprint density at radius 1 is 1.33 bits per heavy atom. The van der Waals surface area contributed by atoms with Crippen molar-refractivity contribution in [2.75, 3.05) is 18.4 Å². The second-order valence-corrected chi connectivity index (χ2v) is 4.75. The lowest BCUT2D eigenvalue weighted by Crippen LogP contribution is -2.35. The van der Waals surface area contributed by atoms with Crippen LogP contribution in [0.15, 0.2) is 18.2 Å². The van der Waals surface area contributed by atoms with Crippen molar-refractivity contribution in [2.45, 2.75) is 26.7 Å². The Morgan fingerprint density at radius 3 is 2.67 bits per heavy atom. The molecule has 18 heavy (non-hydrogen) atoms. The minimum Gasteiger partial charge on any atom is -0.325 e. The molecular formula is C13H18Cl2N2O. The van der Waals surface area contributed by atoms with Gasteiger partial charge in [-0.1, -0.05) is 42.6 Å². The first-order valence-corrected chi connectivity index (χ1v) is 6.85. The Labute approximate surface area is 118 Å². The number of rotatable bonds is 5. The predicted molar refractivity (Wildman–Crippen MR) is 77.6 cm³/mol. The molecule has 0 aliphatic carbocycles. The molecule has 1 N–H and O–H groups in total. The van der Waals surface area contributed by atoms with E-state index in [0.717, 1.165) is 19.4 Å².